The third-order valence-electron chi connectivity index (χ3n) is 4.09. The summed E-state index contributed by atoms with van der Waals surface area (Å²) in [5.41, 5.74) is 5.51. The van der Waals surface area contributed by atoms with Gasteiger partial charge in [0.25, 0.3) is 0 Å². The molecule has 0 saturated carbocycles. The maximum absolute atomic E-state index is 11.9. The van der Waals surface area contributed by atoms with E-state index in [-0.39, 0.29) is 6.03 Å². The number of amides is 2. The number of benzene rings is 3. The van der Waals surface area contributed by atoms with Gasteiger partial charge in [-0.15, -0.1) is 0 Å². The topological polar surface area (TPSA) is 56.7 Å². The van der Waals surface area contributed by atoms with Crippen LogP contribution in [-0.2, 0) is 0 Å². The molecule has 134 valence electrons. The van der Waals surface area contributed by atoms with E-state index in [0.717, 1.165) is 17.1 Å². The molecule has 0 saturated heterocycles. The molecular weight excluding hydrogens is 356 g/mol. The van der Waals surface area contributed by atoms with Gasteiger partial charge in [0.2, 0.25) is 0 Å². The average Bonchev–Trinajstić information content (AvgIpc) is 2.71. The molecule has 0 aromatic heterocycles. The summed E-state index contributed by atoms with van der Waals surface area (Å²) in [4.78, 5) is 16.5. The molecular formula is C21H18N4OS. The van der Waals surface area contributed by atoms with Crippen molar-refractivity contribution in [2.75, 3.05) is 16.8 Å². The van der Waals surface area contributed by atoms with E-state index in [1.165, 1.54) is 9.79 Å². The average molecular weight is 374 g/mol. The summed E-state index contributed by atoms with van der Waals surface area (Å²) in [7, 11) is 0. The lowest BCUT2D eigenvalue weighted by Crippen LogP contribution is -2.26. The summed E-state index contributed by atoms with van der Waals surface area (Å²) in [5.74, 6) is 0. The van der Waals surface area contributed by atoms with Crippen molar-refractivity contribution < 1.29 is 4.79 Å². The number of hydrogen-bond acceptors (Lipinski definition) is 4. The first-order valence-electron chi connectivity index (χ1n) is 8.58. The molecule has 1 aliphatic heterocycles. The summed E-state index contributed by atoms with van der Waals surface area (Å²) in [6.07, 6.45) is 1.70. The van der Waals surface area contributed by atoms with Gasteiger partial charge in [-0.3, -0.25) is 0 Å². The molecule has 2 amide bonds. The monoisotopic (exact) mass is 374 g/mol. The highest BCUT2D eigenvalue weighted by atomic mass is 32.2. The molecule has 3 aromatic carbocycles. The molecule has 0 spiro atoms. The maximum Gasteiger partial charge on any atom is 0.339 e. The molecule has 6 heteroatoms. The number of carbonyl (C=O) groups is 1. The number of nitrogens with zero attached hydrogens (tertiary/aromatic N) is 2. The molecule has 0 atom stereocenters. The third kappa shape index (κ3) is 3.96. The Morgan fingerprint density at radius 1 is 0.889 bits per heavy atom. The van der Waals surface area contributed by atoms with E-state index in [9.17, 15) is 4.79 Å². The van der Waals surface area contributed by atoms with Crippen LogP contribution in [0.4, 0.5) is 21.9 Å². The molecule has 2 N–H and O–H groups in total. The fraction of sp³-hybridized carbons (Fsp3) is 0.0476. The van der Waals surface area contributed by atoms with Crippen molar-refractivity contribution in [2.24, 2.45) is 5.10 Å². The second-order valence-corrected chi connectivity index (χ2v) is 6.98. The smallest absolute Gasteiger partial charge is 0.334 e. The van der Waals surface area contributed by atoms with Gasteiger partial charge in [0.15, 0.2) is 0 Å². The standard InChI is InChI=1S/C21H18N4OS/c26-21(23-16-8-2-1-3-9-16)24-22-14-15-25-17-10-4-6-12-19(17)27-20-13-7-5-11-18(20)25/h1-14H,15H2,(H2,23,24,26)/b22-14+. The molecule has 3 aromatic rings. The lowest BCUT2D eigenvalue weighted by atomic mass is 10.2. The number of rotatable bonds is 4. The summed E-state index contributed by atoms with van der Waals surface area (Å²) in [6.45, 7) is 0.556. The Labute approximate surface area is 162 Å². The van der Waals surface area contributed by atoms with Crippen LogP contribution >= 0.6 is 11.8 Å². The van der Waals surface area contributed by atoms with Crippen LogP contribution in [0.1, 0.15) is 0 Å². The minimum Gasteiger partial charge on any atom is -0.334 e. The van der Waals surface area contributed by atoms with Gasteiger partial charge < -0.3 is 10.2 Å². The summed E-state index contributed by atoms with van der Waals surface area (Å²) in [6, 6.07) is 25.5. The predicted octanol–water partition coefficient (Wildman–Crippen LogP) is 5.10. The summed E-state index contributed by atoms with van der Waals surface area (Å²) >= 11 is 1.77. The number of nitrogens with one attached hydrogen (secondary N) is 2. The molecule has 0 aliphatic carbocycles. The van der Waals surface area contributed by atoms with E-state index in [1.807, 2.05) is 54.6 Å². The van der Waals surface area contributed by atoms with Gasteiger partial charge in [-0.1, -0.05) is 54.2 Å². The fourth-order valence-corrected chi connectivity index (χ4v) is 3.98. The molecule has 5 nitrogen and oxygen atoms in total. The van der Waals surface area contributed by atoms with Crippen LogP contribution in [0.15, 0.2) is 93.8 Å². The lowest BCUT2D eigenvalue weighted by molar-refractivity contribution is 0.252. The molecule has 0 fully saturated rings. The molecule has 27 heavy (non-hydrogen) atoms. The van der Waals surface area contributed by atoms with Crippen LogP contribution < -0.4 is 15.6 Å². The lowest BCUT2D eigenvalue weighted by Gasteiger charge is -2.31. The predicted molar refractivity (Wildman–Crippen MR) is 111 cm³/mol. The van der Waals surface area contributed by atoms with Crippen molar-refractivity contribution in [3.8, 4) is 0 Å². The molecule has 0 unspecified atom stereocenters. The minimum absolute atomic E-state index is 0.368. The second-order valence-electron chi connectivity index (χ2n) is 5.89. The van der Waals surface area contributed by atoms with Crippen LogP contribution in [0.2, 0.25) is 0 Å². The van der Waals surface area contributed by atoms with Crippen LogP contribution in [0.5, 0.6) is 0 Å². The highest BCUT2D eigenvalue weighted by Gasteiger charge is 2.21. The number of carbonyl (C=O) groups excluding carboxylic acids is 1. The molecule has 1 heterocycles. The van der Waals surface area contributed by atoms with Crippen LogP contribution in [0.3, 0.4) is 0 Å². The van der Waals surface area contributed by atoms with Gasteiger partial charge >= 0.3 is 6.03 Å². The quantitative estimate of drug-likeness (QED) is 0.494. The Kier molecular flexibility index (Phi) is 5.07. The van der Waals surface area contributed by atoms with Gasteiger partial charge in [0.05, 0.1) is 17.9 Å². The van der Waals surface area contributed by atoms with Crippen molar-refractivity contribution >= 4 is 41.1 Å². The van der Waals surface area contributed by atoms with Gasteiger partial charge in [0.1, 0.15) is 0 Å². The number of hydrogen-bond donors (Lipinski definition) is 2. The van der Waals surface area contributed by atoms with Gasteiger partial charge in [0, 0.05) is 21.7 Å². The largest absolute Gasteiger partial charge is 0.339 e. The SMILES string of the molecule is O=C(N/N=C/CN1c2ccccc2Sc2ccccc21)Nc1ccccc1. The van der Waals surface area contributed by atoms with E-state index < -0.39 is 0 Å². The van der Waals surface area contributed by atoms with Gasteiger partial charge in [-0.05, 0) is 36.4 Å². The second kappa shape index (κ2) is 7.97. The summed E-state index contributed by atoms with van der Waals surface area (Å²) < 4.78 is 0. The van der Waals surface area contributed by atoms with Crippen LogP contribution in [0, 0.1) is 0 Å². The zero-order valence-corrected chi connectivity index (χ0v) is 15.3. The van der Waals surface area contributed by atoms with E-state index in [1.54, 1.807) is 18.0 Å². The zero-order chi connectivity index (χ0) is 18.5. The van der Waals surface area contributed by atoms with Crippen LogP contribution in [0.25, 0.3) is 0 Å². The third-order valence-corrected chi connectivity index (χ3v) is 5.22. The highest BCUT2D eigenvalue weighted by molar-refractivity contribution is 7.99. The Hall–Kier alpha value is -3.25. The number of anilines is 3. The maximum atomic E-state index is 11.9. The van der Waals surface area contributed by atoms with Crippen molar-refractivity contribution in [3.63, 3.8) is 0 Å². The van der Waals surface area contributed by atoms with E-state index in [2.05, 4.69) is 45.0 Å². The number of para-hydroxylation sites is 3. The Morgan fingerprint density at radius 3 is 2.15 bits per heavy atom. The van der Waals surface area contributed by atoms with Gasteiger partial charge in [-0.2, -0.15) is 5.10 Å². The first-order valence-corrected chi connectivity index (χ1v) is 9.40. The zero-order valence-electron chi connectivity index (χ0n) is 14.5. The Morgan fingerprint density at radius 2 is 1.48 bits per heavy atom. The Bertz CT molecular complexity index is 929. The highest BCUT2D eigenvalue weighted by Crippen LogP contribution is 2.47. The number of hydrazone groups is 1. The van der Waals surface area contributed by atoms with Crippen molar-refractivity contribution in [1.29, 1.82) is 0 Å². The van der Waals surface area contributed by atoms with Crippen molar-refractivity contribution in [1.82, 2.24) is 5.43 Å². The van der Waals surface area contributed by atoms with E-state index in [0.29, 0.717) is 6.54 Å². The normalized spacial score (nSPS) is 12.4. The van der Waals surface area contributed by atoms with Gasteiger partial charge in [-0.25, -0.2) is 10.2 Å². The fourth-order valence-electron chi connectivity index (χ4n) is 2.89. The van der Waals surface area contributed by atoms with E-state index in [4.69, 9.17) is 0 Å². The van der Waals surface area contributed by atoms with Crippen LogP contribution in [-0.4, -0.2) is 18.8 Å². The molecule has 0 radical (unpaired) electrons. The number of urea groups is 1. The number of fused-ring (bicyclic) bond motifs is 2. The van der Waals surface area contributed by atoms with E-state index >= 15 is 0 Å². The summed E-state index contributed by atoms with van der Waals surface area (Å²) in [5, 5.41) is 6.80. The Balaban J connectivity index is 1.44. The molecule has 4 rings (SSSR count). The minimum atomic E-state index is -0.368. The molecule has 1 aliphatic rings. The first kappa shape index (κ1) is 17.2. The van der Waals surface area contributed by atoms with Crippen molar-refractivity contribution in [2.45, 2.75) is 9.79 Å². The first-order chi connectivity index (χ1) is 13.3. The van der Waals surface area contributed by atoms with Crippen molar-refractivity contribution in [3.05, 3.63) is 78.9 Å². The molecule has 0 bridgehead atoms.